The lowest BCUT2D eigenvalue weighted by Gasteiger charge is -2.48. The number of rotatable bonds is 11. The molecule has 0 spiro atoms. The van der Waals surface area contributed by atoms with Crippen LogP contribution in [-0.2, 0) is 24.2 Å². The van der Waals surface area contributed by atoms with Gasteiger partial charge < -0.3 is 28.7 Å². The van der Waals surface area contributed by atoms with E-state index in [9.17, 15) is 4.79 Å². The Morgan fingerprint density at radius 2 is 1.58 bits per heavy atom. The van der Waals surface area contributed by atoms with Crippen molar-refractivity contribution < 1.29 is 36.9 Å². The Morgan fingerprint density at radius 3 is 2.26 bits per heavy atom. The second kappa shape index (κ2) is 18.6. The van der Waals surface area contributed by atoms with E-state index < -0.39 is 28.9 Å². The van der Waals surface area contributed by atoms with Crippen LogP contribution in [0.15, 0.2) is 66.7 Å². The van der Waals surface area contributed by atoms with Gasteiger partial charge in [-0.1, -0.05) is 36.3 Å². The van der Waals surface area contributed by atoms with Gasteiger partial charge in [-0.05, 0) is 125 Å². The summed E-state index contributed by atoms with van der Waals surface area (Å²) in [5, 5.41) is 1.22. The van der Waals surface area contributed by atoms with Crippen LogP contribution in [0.5, 0.6) is 17.5 Å². The molecule has 0 N–H and O–H groups in total. The van der Waals surface area contributed by atoms with E-state index in [1.165, 1.54) is 6.07 Å². The van der Waals surface area contributed by atoms with Gasteiger partial charge in [-0.2, -0.15) is 9.97 Å². The summed E-state index contributed by atoms with van der Waals surface area (Å²) in [4.78, 5) is 42.6. The highest BCUT2D eigenvalue weighted by molar-refractivity contribution is 6.02. The number of alkyl halides is 1. The molecule has 4 fully saturated rings. The van der Waals surface area contributed by atoms with Crippen LogP contribution >= 0.6 is 0 Å². The van der Waals surface area contributed by atoms with Gasteiger partial charge in [0.25, 0.3) is 0 Å². The normalized spacial score (nSPS) is 22.5. The van der Waals surface area contributed by atoms with Crippen molar-refractivity contribution in [3.8, 4) is 41.2 Å². The second-order valence-corrected chi connectivity index (χ2v) is 21.0. The Balaban J connectivity index is 1.09. The Morgan fingerprint density at radius 1 is 0.861 bits per heavy atom. The number of anilines is 2. The van der Waals surface area contributed by atoms with Crippen molar-refractivity contribution >= 4 is 39.4 Å². The number of hydrogen-bond donors (Lipinski definition) is 0. The molecule has 0 saturated carbocycles. The predicted octanol–water partition coefficient (Wildman–Crippen LogP) is 9.97. The van der Waals surface area contributed by atoms with Gasteiger partial charge in [0.1, 0.15) is 64.2 Å². The molecule has 0 unspecified atom stereocenters. The van der Waals surface area contributed by atoms with Crippen molar-refractivity contribution in [1.82, 2.24) is 29.7 Å². The van der Waals surface area contributed by atoms with Crippen LogP contribution in [0.4, 0.5) is 29.6 Å². The van der Waals surface area contributed by atoms with Gasteiger partial charge >= 0.3 is 12.1 Å². The zero-order valence-corrected chi connectivity index (χ0v) is 41.4. The number of amides is 1. The summed E-state index contributed by atoms with van der Waals surface area (Å²) in [6.45, 7) is 8.04. The van der Waals surface area contributed by atoms with Crippen molar-refractivity contribution in [3.05, 3.63) is 101 Å². The number of halogens is 3. The molecule has 13 nitrogen and oxygen atoms in total. The smallest absolute Gasteiger partial charge is 0.410 e. The predicted molar refractivity (Wildman–Crippen MR) is 269 cm³/mol. The first-order valence-electron chi connectivity index (χ1n) is 25.0. The molecule has 374 valence electrons. The van der Waals surface area contributed by atoms with Gasteiger partial charge in [-0.15, -0.1) is 6.42 Å². The van der Waals surface area contributed by atoms with Crippen molar-refractivity contribution in [3.63, 3.8) is 0 Å². The maximum Gasteiger partial charge on any atom is 0.410 e. The van der Waals surface area contributed by atoms with E-state index in [-0.39, 0.29) is 64.7 Å². The average Bonchev–Trinajstić information content (AvgIpc) is 4.01. The molecule has 3 aromatic carbocycles. The first-order valence-corrected chi connectivity index (χ1v) is 25.0. The van der Waals surface area contributed by atoms with Crippen molar-refractivity contribution in [2.75, 3.05) is 50.3 Å². The van der Waals surface area contributed by atoms with E-state index in [0.717, 1.165) is 43.4 Å². The van der Waals surface area contributed by atoms with E-state index >= 15 is 13.2 Å². The fourth-order valence-corrected chi connectivity index (χ4v) is 12.1. The zero-order chi connectivity index (χ0) is 50.1. The monoisotopic (exact) mass is 980 g/mol. The molecule has 1 amide bonds. The summed E-state index contributed by atoms with van der Waals surface area (Å²) in [5.74, 6) is 3.45. The molecule has 72 heavy (non-hydrogen) atoms. The molecule has 0 aliphatic carbocycles. The Kier molecular flexibility index (Phi) is 12.3. The van der Waals surface area contributed by atoms with Crippen LogP contribution in [0, 0.1) is 24.0 Å². The van der Waals surface area contributed by atoms with Gasteiger partial charge in [0.2, 0.25) is 0 Å². The third-order valence-corrected chi connectivity index (χ3v) is 15.3. The number of pyridine rings is 2. The molecule has 6 aromatic rings. The Labute approximate surface area is 417 Å². The van der Waals surface area contributed by atoms with Crippen LogP contribution in [0.25, 0.3) is 33.1 Å². The number of terminal acetylenes is 1. The molecule has 5 atom stereocenters. The van der Waals surface area contributed by atoms with E-state index in [0.29, 0.717) is 91.5 Å². The third kappa shape index (κ3) is 8.62. The molecule has 2 bridgehead atoms. The number of carbonyl (C=O) groups is 1. The summed E-state index contributed by atoms with van der Waals surface area (Å²) in [7, 11) is 3.24. The maximum atomic E-state index is 18.5. The highest BCUT2D eigenvalue weighted by Crippen LogP contribution is 2.46. The fraction of sp³-hybridized carbons (Fsp3) is 0.446. The van der Waals surface area contributed by atoms with Crippen LogP contribution in [0.2, 0.25) is 0 Å². The first kappa shape index (κ1) is 47.5. The van der Waals surface area contributed by atoms with Gasteiger partial charge in [-0.25, -0.2) is 27.9 Å². The minimum Gasteiger partial charge on any atom is -0.497 e. The Hall–Kier alpha value is -6.86. The van der Waals surface area contributed by atoms with Gasteiger partial charge in [0, 0.05) is 38.0 Å². The SMILES string of the molecule is C#Cc1c(F)ccc2cc(N(Cc3ccc(OC)cc3)Cc3ccc(OC)cc3)nc(-c3nc4c5c(nc(OC[C@@]67CCCN6C[C@H](F)C7)nc5c3F)N3C[C@H]5CC[C@@H]([C@H]3CCC4)N5C(=O)OC(C)(C)C)c12. The van der Waals surface area contributed by atoms with Gasteiger partial charge in [0.05, 0.1) is 54.5 Å². The van der Waals surface area contributed by atoms with Crippen LogP contribution in [0.1, 0.15) is 88.1 Å². The number of methoxy groups -OCH3 is 2. The lowest BCUT2D eigenvalue weighted by Crippen LogP contribution is -2.62. The molecule has 5 aliphatic rings. The summed E-state index contributed by atoms with van der Waals surface area (Å²) in [6.07, 6.45) is 10.1. The number of nitrogens with zero attached hydrogens (tertiary/aromatic N) is 8. The third-order valence-electron chi connectivity index (χ3n) is 15.3. The van der Waals surface area contributed by atoms with Crippen LogP contribution in [0.3, 0.4) is 0 Å². The molecule has 8 heterocycles. The topological polar surface area (TPSA) is 119 Å². The van der Waals surface area contributed by atoms with Crippen LogP contribution in [-0.4, -0.2) is 112 Å². The maximum absolute atomic E-state index is 18.5. The molecular weight excluding hydrogens is 922 g/mol. The quantitative estimate of drug-likeness (QED) is 0.115. The highest BCUT2D eigenvalue weighted by Gasteiger charge is 2.52. The summed E-state index contributed by atoms with van der Waals surface area (Å²) in [5.41, 5.74) is 1.09. The summed E-state index contributed by atoms with van der Waals surface area (Å²) >= 11 is 0. The molecule has 0 radical (unpaired) electrons. The van der Waals surface area contributed by atoms with Gasteiger partial charge in [0.15, 0.2) is 5.82 Å². The number of hydrogen-bond acceptors (Lipinski definition) is 12. The largest absolute Gasteiger partial charge is 0.497 e. The molecule has 3 aromatic heterocycles. The number of piperazine rings is 1. The number of ether oxygens (including phenoxy) is 4. The lowest BCUT2D eigenvalue weighted by atomic mass is 9.93. The number of benzene rings is 3. The molecule has 16 heteroatoms. The molecule has 11 rings (SSSR count). The molecule has 5 aliphatic heterocycles. The average molecular weight is 981 g/mol. The number of aromatic nitrogens is 4. The standard InChI is InChI=1S/C56H59F3N8O5/c1-7-40-41(58)22-16-35-26-45(64(28-33-12-18-38(69-5)19-13-33)29-34-14-20-39(70-6)21-15-34)61-50(46(35)40)51-48(59)49-47-42(60-51)10-8-11-43-44-23-17-37(67(44)54(68)72-55(2,3)4)31-66(43)52(47)63-53(62-49)71-32-56-24-9-25-65(56)30-36(57)27-56/h1,12-16,18-22,26,36-37,43-44H,8-11,17,23-25,27-32H2,2-6H3/t36-,37-,43-,44+,56+/m1/s1. The minimum absolute atomic E-state index is 0.0273. The number of aryl methyl sites for hydroxylation is 1. The van der Waals surface area contributed by atoms with Crippen molar-refractivity contribution in [1.29, 1.82) is 0 Å². The Bertz CT molecular complexity index is 3060. The van der Waals surface area contributed by atoms with Crippen molar-refractivity contribution in [2.24, 2.45) is 0 Å². The highest BCUT2D eigenvalue weighted by atomic mass is 19.1. The lowest BCUT2D eigenvalue weighted by molar-refractivity contribution is 0.00699. The van der Waals surface area contributed by atoms with E-state index in [1.54, 1.807) is 20.3 Å². The second-order valence-electron chi connectivity index (χ2n) is 21.0. The minimum atomic E-state index is -0.981. The molecular formula is C56H59F3N8O5. The number of fused-ring (bicyclic) bond motifs is 7. The van der Waals surface area contributed by atoms with E-state index in [4.69, 9.17) is 45.3 Å². The number of carbonyl (C=O) groups excluding carboxylic acids is 1. The van der Waals surface area contributed by atoms with E-state index in [2.05, 4.69) is 20.6 Å². The van der Waals surface area contributed by atoms with Crippen molar-refractivity contribution in [2.45, 2.75) is 121 Å². The van der Waals surface area contributed by atoms with E-state index in [1.807, 2.05) is 80.3 Å². The first-order chi connectivity index (χ1) is 34.7. The fourth-order valence-electron chi connectivity index (χ4n) is 12.1. The van der Waals surface area contributed by atoms with Crippen LogP contribution < -0.4 is 24.0 Å². The van der Waals surface area contributed by atoms with Gasteiger partial charge in [-0.3, -0.25) is 9.80 Å². The molecule has 4 saturated heterocycles. The summed E-state index contributed by atoms with van der Waals surface area (Å²) < 4.78 is 72.9. The zero-order valence-electron chi connectivity index (χ0n) is 41.4. The summed E-state index contributed by atoms with van der Waals surface area (Å²) in [6, 6.07) is 19.7.